The highest BCUT2D eigenvalue weighted by atomic mass is 35.5. The molecule has 1 atom stereocenters. The average Bonchev–Trinajstić information content (AvgIpc) is 2.50. The minimum absolute atomic E-state index is 0.116. The molecule has 0 aliphatic rings. The smallest absolute Gasteiger partial charge is 0.256 e. The number of nitrogens with zero attached hydrogens (tertiary/aromatic N) is 2. The van der Waals surface area contributed by atoms with E-state index in [0.717, 1.165) is 5.56 Å². The Morgan fingerprint density at radius 3 is 2.82 bits per heavy atom. The molecule has 6 heteroatoms. The predicted octanol–water partition coefficient (Wildman–Crippen LogP) is 2.09. The first-order chi connectivity index (χ1) is 10.5. The fourth-order valence-electron chi connectivity index (χ4n) is 2.01. The molecule has 22 heavy (non-hydrogen) atoms. The van der Waals surface area contributed by atoms with Crippen LogP contribution < -0.4 is 5.56 Å². The van der Waals surface area contributed by atoms with Crippen LogP contribution in [-0.2, 0) is 17.9 Å². The van der Waals surface area contributed by atoms with Gasteiger partial charge in [0.2, 0.25) is 0 Å². The van der Waals surface area contributed by atoms with E-state index in [-0.39, 0.29) is 18.7 Å². The van der Waals surface area contributed by atoms with Gasteiger partial charge in [-0.15, -0.1) is 0 Å². The molecule has 0 bridgehead atoms. The Balaban J connectivity index is 1.89. The van der Waals surface area contributed by atoms with Crippen molar-refractivity contribution in [1.82, 2.24) is 9.55 Å². The Morgan fingerprint density at radius 2 is 2.09 bits per heavy atom. The van der Waals surface area contributed by atoms with Gasteiger partial charge < -0.3 is 9.84 Å². The van der Waals surface area contributed by atoms with Crippen molar-refractivity contribution in [3.8, 4) is 0 Å². The number of ether oxygens (including phenoxy) is 1. The third-order valence-corrected chi connectivity index (χ3v) is 3.82. The van der Waals surface area contributed by atoms with Crippen molar-refractivity contribution in [3.63, 3.8) is 0 Å². The van der Waals surface area contributed by atoms with Gasteiger partial charge in [0.25, 0.3) is 5.56 Å². The number of aliphatic hydroxyl groups is 1. The quantitative estimate of drug-likeness (QED) is 0.884. The van der Waals surface area contributed by atoms with E-state index < -0.39 is 6.10 Å². The number of rotatable bonds is 6. The SMILES string of the molecule is Cc1ncn(C[C@@H](O)COCc2ccccc2Cl)c(=O)c1C. The Bertz CT molecular complexity index is 700. The topological polar surface area (TPSA) is 64.3 Å². The van der Waals surface area contributed by atoms with Gasteiger partial charge in [0, 0.05) is 16.3 Å². The zero-order valence-corrected chi connectivity index (χ0v) is 13.4. The third kappa shape index (κ3) is 4.16. The fourth-order valence-corrected chi connectivity index (χ4v) is 2.20. The van der Waals surface area contributed by atoms with Crippen molar-refractivity contribution in [3.05, 3.63) is 62.8 Å². The molecule has 1 N–H and O–H groups in total. The molecule has 118 valence electrons. The van der Waals surface area contributed by atoms with Gasteiger partial charge in [-0.3, -0.25) is 9.36 Å². The number of hydrogen-bond donors (Lipinski definition) is 1. The Labute approximate surface area is 134 Å². The first-order valence-corrected chi connectivity index (χ1v) is 7.38. The summed E-state index contributed by atoms with van der Waals surface area (Å²) < 4.78 is 6.85. The largest absolute Gasteiger partial charge is 0.389 e. The lowest BCUT2D eigenvalue weighted by molar-refractivity contribution is 0.0197. The monoisotopic (exact) mass is 322 g/mol. The van der Waals surface area contributed by atoms with Crippen molar-refractivity contribution in [1.29, 1.82) is 0 Å². The maximum atomic E-state index is 12.0. The lowest BCUT2D eigenvalue weighted by Gasteiger charge is -2.14. The second kappa shape index (κ2) is 7.54. The molecule has 0 aliphatic heterocycles. The molecule has 0 amide bonds. The number of aromatic nitrogens is 2. The summed E-state index contributed by atoms with van der Waals surface area (Å²) in [6, 6.07) is 7.38. The minimum Gasteiger partial charge on any atom is -0.389 e. The molecule has 1 heterocycles. The second-order valence-corrected chi connectivity index (χ2v) is 5.58. The molecule has 2 rings (SSSR count). The predicted molar refractivity (Wildman–Crippen MR) is 85.1 cm³/mol. The number of aliphatic hydroxyl groups excluding tert-OH is 1. The van der Waals surface area contributed by atoms with E-state index in [1.54, 1.807) is 19.9 Å². The van der Waals surface area contributed by atoms with Crippen LogP contribution in [0.3, 0.4) is 0 Å². The molecule has 2 aromatic rings. The van der Waals surface area contributed by atoms with Gasteiger partial charge in [0.15, 0.2) is 0 Å². The van der Waals surface area contributed by atoms with Crippen LogP contribution in [-0.4, -0.2) is 27.4 Å². The van der Waals surface area contributed by atoms with Gasteiger partial charge in [-0.05, 0) is 25.5 Å². The first-order valence-electron chi connectivity index (χ1n) is 7.01. The zero-order valence-electron chi connectivity index (χ0n) is 12.6. The van der Waals surface area contributed by atoms with Crippen LogP contribution >= 0.6 is 11.6 Å². The molecule has 0 saturated heterocycles. The standard InChI is InChI=1S/C16H19ClN2O3/c1-11-12(2)18-10-19(16(11)21)7-14(20)9-22-8-13-5-3-4-6-15(13)17/h3-6,10,14,20H,7-9H2,1-2H3/t14-/m1/s1. The number of halogens is 1. The van der Waals surface area contributed by atoms with Crippen molar-refractivity contribution in [2.75, 3.05) is 6.61 Å². The molecular weight excluding hydrogens is 304 g/mol. The highest BCUT2D eigenvalue weighted by molar-refractivity contribution is 6.31. The molecule has 5 nitrogen and oxygen atoms in total. The van der Waals surface area contributed by atoms with E-state index in [1.807, 2.05) is 18.2 Å². The molecule has 1 aromatic carbocycles. The van der Waals surface area contributed by atoms with Crippen LogP contribution in [0.15, 0.2) is 35.4 Å². The molecule has 0 radical (unpaired) electrons. The lowest BCUT2D eigenvalue weighted by atomic mass is 10.2. The van der Waals surface area contributed by atoms with Crippen LogP contribution in [0.25, 0.3) is 0 Å². The summed E-state index contributed by atoms with van der Waals surface area (Å²) in [5.74, 6) is 0. The van der Waals surface area contributed by atoms with Crippen LogP contribution in [0.1, 0.15) is 16.8 Å². The summed E-state index contributed by atoms with van der Waals surface area (Å²) in [5, 5.41) is 10.6. The molecule has 0 unspecified atom stereocenters. The molecule has 0 spiro atoms. The van der Waals surface area contributed by atoms with Gasteiger partial charge >= 0.3 is 0 Å². The number of benzene rings is 1. The summed E-state index contributed by atoms with van der Waals surface area (Å²) in [7, 11) is 0. The minimum atomic E-state index is -0.788. The fraction of sp³-hybridized carbons (Fsp3) is 0.375. The van der Waals surface area contributed by atoms with E-state index in [1.165, 1.54) is 10.9 Å². The summed E-state index contributed by atoms with van der Waals surface area (Å²) in [6.45, 7) is 4.09. The Hall–Kier alpha value is -1.69. The van der Waals surface area contributed by atoms with Crippen LogP contribution in [0, 0.1) is 13.8 Å². The maximum absolute atomic E-state index is 12.0. The average molecular weight is 323 g/mol. The van der Waals surface area contributed by atoms with Crippen molar-refractivity contribution < 1.29 is 9.84 Å². The van der Waals surface area contributed by atoms with Crippen LogP contribution in [0.2, 0.25) is 5.02 Å². The van der Waals surface area contributed by atoms with Gasteiger partial charge in [-0.25, -0.2) is 4.98 Å². The first kappa shape index (κ1) is 16.7. The van der Waals surface area contributed by atoms with Crippen LogP contribution in [0.5, 0.6) is 0 Å². The van der Waals surface area contributed by atoms with E-state index in [9.17, 15) is 9.90 Å². The van der Waals surface area contributed by atoms with E-state index >= 15 is 0 Å². The molecule has 0 aliphatic carbocycles. The summed E-state index contributed by atoms with van der Waals surface area (Å²) in [5.41, 5.74) is 2.01. The normalized spacial score (nSPS) is 12.4. The van der Waals surface area contributed by atoms with E-state index in [0.29, 0.717) is 22.9 Å². The second-order valence-electron chi connectivity index (χ2n) is 5.17. The van der Waals surface area contributed by atoms with E-state index in [2.05, 4.69) is 4.98 Å². The van der Waals surface area contributed by atoms with E-state index in [4.69, 9.17) is 16.3 Å². The van der Waals surface area contributed by atoms with Gasteiger partial charge in [0.1, 0.15) is 0 Å². The van der Waals surface area contributed by atoms with Crippen molar-refractivity contribution in [2.24, 2.45) is 0 Å². The van der Waals surface area contributed by atoms with Gasteiger partial charge in [-0.1, -0.05) is 29.8 Å². The van der Waals surface area contributed by atoms with Crippen molar-refractivity contribution >= 4 is 11.6 Å². The van der Waals surface area contributed by atoms with Crippen LogP contribution in [0.4, 0.5) is 0 Å². The Morgan fingerprint density at radius 1 is 1.36 bits per heavy atom. The van der Waals surface area contributed by atoms with Crippen molar-refractivity contribution in [2.45, 2.75) is 33.1 Å². The van der Waals surface area contributed by atoms with Gasteiger partial charge in [-0.2, -0.15) is 0 Å². The third-order valence-electron chi connectivity index (χ3n) is 3.45. The summed E-state index contributed by atoms with van der Waals surface area (Å²) in [4.78, 5) is 16.1. The number of aryl methyl sites for hydroxylation is 1. The molecular formula is C16H19ClN2O3. The molecule has 1 aromatic heterocycles. The highest BCUT2D eigenvalue weighted by Gasteiger charge is 2.10. The molecule has 0 saturated carbocycles. The summed E-state index contributed by atoms with van der Waals surface area (Å²) >= 11 is 6.03. The maximum Gasteiger partial charge on any atom is 0.256 e. The Kier molecular flexibility index (Phi) is 5.71. The summed E-state index contributed by atoms with van der Waals surface area (Å²) in [6.07, 6.45) is 0.659. The van der Waals surface area contributed by atoms with Gasteiger partial charge in [0.05, 0.1) is 32.2 Å². The molecule has 0 fully saturated rings. The number of hydrogen-bond acceptors (Lipinski definition) is 4. The lowest BCUT2D eigenvalue weighted by Crippen LogP contribution is -2.31. The highest BCUT2D eigenvalue weighted by Crippen LogP contribution is 2.15. The zero-order chi connectivity index (χ0) is 16.1.